The Hall–Kier alpha value is -3.50. The summed E-state index contributed by atoms with van der Waals surface area (Å²) in [4.78, 5) is 24.7. The summed E-state index contributed by atoms with van der Waals surface area (Å²) in [6.45, 7) is 2.44. The number of ether oxygens (including phenoxy) is 1. The van der Waals surface area contributed by atoms with E-state index in [1.54, 1.807) is 17.2 Å². The maximum atomic E-state index is 13.5. The zero-order valence-electron chi connectivity index (χ0n) is 17.0. The fourth-order valence-electron chi connectivity index (χ4n) is 4.46. The van der Waals surface area contributed by atoms with E-state index in [9.17, 15) is 18.0 Å². The van der Waals surface area contributed by atoms with Gasteiger partial charge in [-0.1, -0.05) is 0 Å². The molecule has 1 saturated heterocycles. The summed E-state index contributed by atoms with van der Waals surface area (Å²) >= 11 is 0. The lowest BCUT2D eigenvalue weighted by Gasteiger charge is -2.33. The van der Waals surface area contributed by atoms with E-state index in [1.165, 1.54) is 23.3 Å². The van der Waals surface area contributed by atoms with Gasteiger partial charge in [-0.05, 0) is 43.4 Å². The van der Waals surface area contributed by atoms with Gasteiger partial charge in [0.25, 0.3) is 5.91 Å². The van der Waals surface area contributed by atoms with Crippen LogP contribution in [0, 0.1) is 12.8 Å². The van der Waals surface area contributed by atoms with Crippen molar-refractivity contribution in [3.05, 3.63) is 59.7 Å². The summed E-state index contributed by atoms with van der Waals surface area (Å²) in [7, 11) is 0. The molecule has 5 rings (SSSR count). The summed E-state index contributed by atoms with van der Waals surface area (Å²) < 4.78 is 44.2. The molecule has 166 valence electrons. The van der Waals surface area contributed by atoms with E-state index in [4.69, 9.17) is 4.74 Å². The second-order valence-electron chi connectivity index (χ2n) is 8.10. The van der Waals surface area contributed by atoms with Crippen LogP contribution in [-0.2, 0) is 6.18 Å². The van der Waals surface area contributed by atoms with Crippen LogP contribution in [0.25, 0.3) is 5.82 Å². The van der Waals surface area contributed by atoms with Crippen molar-refractivity contribution in [3.8, 4) is 11.7 Å². The van der Waals surface area contributed by atoms with Crippen LogP contribution in [0.3, 0.4) is 0 Å². The Labute approximate surface area is 181 Å². The molecule has 4 heterocycles. The monoisotopic (exact) mass is 444 g/mol. The van der Waals surface area contributed by atoms with Crippen LogP contribution in [0.1, 0.15) is 34.3 Å². The molecule has 2 fully saturated rings. The highest BCUT2D eigenvalue weighted by molar-refractivity contribution is 5.97. The van der Waals surface area contributed by atoms with Gasteiger partial charge in [-0.2, -0.15) is 23.4 Å². The number of likely N-dealkylation sites (tertiary alicyclic amines) is 1. The first-order valence-corrected chi connectivity index (χ1v) is 10.1. The predicted octanol–water partition coefficient (Wildman–Crippen LogP) is 3.07. The molecule has 32 heavy (non-hydrogen) atoms. The quantitative estimate of drug-likeness (QED) is 0.615. The highest BCUT2D eigenvalue weighted by Gasteiger charge is 2.49. The number of aromatic nitrogens is 5. The second-order valence-corrected chi connectivity index (χ2v) is 8.10. The van der Waals surface area contributed by atoms with Crippen LogP contribution in [0.15, 0.2) is 43.0 Å². The maximum Gasteiger partial charge on any atom is 0.417 e. The van der Waals surface area contributed by atoms with Crippen molar-refractivity contribution in [1.29, 1.82) is 0 Å². The third kappa shape index (κ3) is 3.67. The second kappa shape index (κ2) is 7.57. The Balaban J connectivity index is 1.37. The zero-order chi connectivity index (χ0) is 22.5. The van der Waals surface area contributed by atoms with Crippen LogP contribution < -0.4 is 4.74 Å². The van der Waals surface area contributed by atoms with Crippen LogP contribution in [0.2, 0.25) is 0 Å². The molecule has 3 unspecified atom stereocenters. The normalized spacial score (nSPS) is 22.4. The zero-order valence-corrected chi connectivity index (χ0v) is 17.0. The molecule has 2 bridgehead atoms. The molecule has 2 aliphatic rings. The Kier molecular flexibility index (Phi) is 4.83. The number of piperidine rings is 1. The number of hydrogen-bond acceptors (Lipinski definition) is 6. The minimum Gasteiger partial charge on any atom is -0.472 e. The molecule has 11 heteroatoms. The highest BCUT2D eigenvalue weighted by atomic mass is 19.4. The van der Waals surface area contributed by atoms with E-state index < -0.39 is 11.7 Å². The smallest absolute Gasteiger partial charge is 0.417 e. The largest absolute Gasteiger partial charge is 0.472 e. The lowest BCUT2D eigenvalue weighted by Crippen LogP contribution is -2.47. The SMILES string of the molecule is Cc1cnc(-n2nccn2)c(C(=O)N2CC3CC(Oc4ccc(C(F)(F)F)cn4)C2C3)c1. The van der Waals surface area contributed by atoms with Gasteiger partial charge in [0, 0.05) is 25.0 Å². The molecule has 1 amide bonds. The summed E-state index contributed by atoms with van der Waals surface area (Å²) in [6, 6.07) is 3.72. The fourth-order valence-corrected chi connectivity index (χ4v) is 4.46. The van der Waals surface area contributed by atoms with Gasteiger partial charge >= 0.3 is 6.18 Å². The van der Waals surface area contributed by atoms with Crippen molar-refractivity contribution in [2.45, 2.75) is 38.1 Å². The summed E-state index contributed by atoms with van der Waals surface area (Å²) in [5, 5.41) is 8.18. The average Bonchev–Trinajstić information content (AvgIpc) is 3.50. The molecule has 1 aliphatic heterocycles. The minimum atomic E-state index is -4.45. The highest BCUT2D eigenvalue weighted by Crippen LogP contribution is 2.41. The summed E-state index contributed by atoms with van der Waals surface area (Å²) in [6.07, 6.45) is 2.11. The number of carbonyl (C=O) groups excluding carboxylic acids is 1. The van der Waals surface area contributed by atoms with E-state index in [2.05, 4.69) is 20.2 Å². The Bertz CT molecular complexity index is 1130. The topological polar surface area (TPSA) is 86.0 Å². The van der Waals surface area contributed by atoms with Crippen molar-refractivity contribution in [2.75, 3.05) is 6.54 Å². The summed E-state index contributed by atoms with van der Waals surface area (Å²) in [5.74, 6) is 0.513. The first kappa shape index (κ1) is 20.4. The van der Waals surface area contributed by atoms with Crippen molar-refractivity contribution in [1.82, 2.24) is 29.9 Å². The van der Waals surface area contributed by atoms with E-state index in [-0.39, 0.29) is 29.9 Å². The van der Waals surface area contributed by atoms with Gasteiger partial charge in [0.15, 0.2) is 5.82 Å². The molecule has 0 aromatic carbocycles. The number of aryl methyl sites for hydroxylation is 1. The number of fused-ring (bicyclic) bond motifs is 2. The van der Waals surface area contributed by atoms with Crippen LogP contribution in [0.4, 0.5) is 13.2 Å². The number of pyridine rings is 2. The molecular weight excluding hydrogens is 425 g/mol. The van der Waals surface area contributed by atoms with Gasteiger partial charge in [0.2, 0.25) is 5.88 Å². The number of nitrogens with zero attached hydrogens (tertiary/aromatic N) is 6. The lowest BCUT2D eigenvalue weighted by atomic mass is 10.1. The van der Waals surface area contributed by atoms with E-state index in [0.717, 1.165) is 30.7 Å². The number of amides is 1. The summed E-state index contributed by atoms with van der Waals surface area (Å²) in [5.41, 5.74) is 0.386. The Morgan fingerprint density at radius 3 is 2.56 bits per heavy atom. The molecule has 8 nitrogen and oxygen atoms in total. The van der Waals surface area contributed by atoms with E-state index >= 15 is 0 Å². The number of halogens is 3. The number of rotatable bonds is 4. The van der Waals surface area contributed by atoms with Crippen LogP contribution in [0.5, 0.6) is 5.88 Å². The van der Waals surface area contributed by atoms with Gasteiger partial charge < -0.3 is 9.64 Å². The van der Waals surface area contributed by atoms with E-state index in [1.807, 2.05) is 6.92 Å². The maximum absolute atomic E-state index is 13.5. The van der Waals surface area contributed by atoms with Crippen molar-refractivity contribution in [2.24, 2.45) is 5.92 Å². The van der Waals surface area contributed by atoms with Gasteiger partial charge in [-0.15, -0.1) is 4.80 Å². The first-order valence-electron chi connectivity index (χ1n) is 10.1. The van der Waals surface area contributed by atoms with Crippen molar-refractivity contribution >= 4 is 5.91 Å². The Morgan fingerprint density at radius 1 is 1.12 bits per heavy atom. The molecule has 0 spiro atoms. The number of carbonyl (C=O) groups is 1. The van der Waals surface area contributed by atoms with E-state index in [0.29, 0.717) is 17.9 Å². The third-order valence-electron chi connectivity index (χ3n) is 5.86. The fraction of sp³-hybridized carbons (Fsp3) is 0.381. The van der Waals surface area contributed by atoms with Crippen LogP contribution in [-0.4, -0.2) is 54.5 Å². The minimum absolute atomic E-state index is 0.113. The molecule has 3 aromatic rings. The molecule has 1 aliphatic carbocycles. The van der Waals surface area contributed by atoms with Gasteiger partial charge in [0.1, 0.15) is 6.10 Å². The number of hydrogen-bond donors (Lipinski definition) is 0. The Morgan fingerprint density at radius 2 is 1.91 bits per heavy atom. The van der Waals surface area contributed by atoms with Crippen molar-refractivity contribution in [3.63, 3.8) is 0 Å². The number of alkyl halides is 3. The van der Waals surface area contributed by atoms with Gasteiger partial charge in [-0.25, -0.2) is 9.97 Å². The third-order valence-corrected chi connectivity index (χ3v) is 5.86. The first-order chi connectivity index (χ1) is 15.3. The molecule has 1 saturated carbocycles. The van der Waals surface area contributed by atoms with Gasteiger partial charge in [0.05, 0.1) is 29.6 Å². The van der Waals surface area contributed by atoms with Crippen LogP contribution >= 0.6 is 0 Å². The molecular formula is C21H19F3N6O2. The molecule has 3 aromatic heterocycles. The van der Waals surface area contributed by atoms with Crippen molar-refractivity contribution < 1.29 is 22.7 Å². The average molecular weight is 444 g/mol. The molecule has 0 N–H and O–H groups in total. The standard InChI is InChI=1S/C21H19F3N6O2/c1-12-6-15(19(26-9-12)30-27-4-5-28-30)20(31)29-11-13-7-16(29)17(8-13)32-18-3-2-14(10-25-18)21(22,23)24/h2-6,9-10,13,16-17H,7-8,11H2,1H3. The predicted molar refractivity (Wildman–Crippen MR) is 105 cm³/mol. The van der Waals surface area contributed by atoms with Gasteiger partial charge in [-0.3, -0.25) is 4.79 Å². The lowest BCUT2D eigenvalue weighted by molar-refractivity contribution is -0.137. The molecule has 0 radical (unpaired) electrons. The molecule has 3 atom stereocenters.